The van der Waals surface area contributed by atoms with Gasteiger partial charge in [-0.1, -0.05) is 18.2 Å². The number of anilines is 3. The van der Waals surface area contributed by atoms with Crippen LogP contribution in [0.4, 0.5) is 17.1 Å². The summed E-state index contributed by atoms with van der Waals surface area (Å²) in [6.45, 7) is 4.09. The third-order valence-electron chi connectivity index (χ3n) is 2.84. The largest absolute Gasteiger partial charge is 0.398 e. The molecule has 2 aromatic carbocycles. The van der Waals surface area contributed by atoms with Crippen LogP contribution in [0, 0.1) is 13.8 Å². The highest BCUT2D eigenvalue weighted by Crippen LogP contribution is 2.31. The fourth-order valence-electron chi connectivity index (χ4n) is 1.68. The van der Waals surface area contributed by atoms with Crippen LogP contribution < -0.4 is 11.1 Å². The van der Waals surface area contributed by atoms with Gasteiger partial charge in [0.15, 0.2) is 0 Å². The van der Waals surface area contributed by atoms with E-state index < -0.39 is 0 Å². The van der Waals surface area contributed by atoms with Crippen LogP contribution in [0.15, 0.2) is 40.9 Å². The molecule has 0 saturated heterocycles. The maximum Gasteiger partial charge on any atom is 0.0531 e. The lowest BCUT2D eigenvalue weighted by molar-refractivity contribution is 1.39. The van der Waals surface area contributed by atoms with Gasteiger partial charge in [0.2, 0.25) is 0 Å². The molecule has 2 aromatic rings. The van der Waals surface area contributed by atoms with Crippen LogP contribution >= 0.6 is 15.9 Å². The van der Waals surface area contributed by atoms with Crippen molar-refractivity contribution < 1.29 is 0 Å². The van der Waals surface area contributed by atoms with Gasteiger partial charge < -0.3 is 11.1 Å². The Morgan fingerprint density at radius 2 is 1.65 bits per heavy atom. The molecule has 88 valence electrons. The van der Waals surface area contributed by atoms with Crippen LogP contribution in [0.25, 0.3) is 0 Å². The predicted octanol–water partition coefficient (Wildman–Crippen LogP) is 4.39. The van der Waals surface area contributed by atoms with E-state index in [1.165, 1.54) is 5.56 Å². The molecule has 0 saturated carbocycles. The van der Waals surface area contributed by atoms with Crippen LogP contribution in [0.2, 0.25) is 0 Å². The number of hydrogen-bond donors (Lipinski definition) is 2. The van der Waals surface area contributed by atoms with Gasteiger partial charge in [-0.25, -0.2) is 0 Å². The fourth-order valence-corrected chi connectivity index (χ4v) is 2.04. The lowest BCUT2D eigenvalue weighted by atomic mass is 10.1. The van der Waals surface area contributed by atoms with Crippen molar-refractivity contribution in [1.29, 1.82) is 0 Å². The Morgan fingerprint density at radius 1 is 1.00 bits per heavy atom. The molecule has 0 aromatic heterocycles. The summed E-state index contributed by atoms with van der Waals surface area (Å²) in [5, 5.41) is 3.40. The Hall–Kier alpha value is -1.48. The molecule has 0 fully saturated rings. The van der Waals surface area contributed by atoms with Crippen molar-refractivity contribution in [2.75, 3.05) is 11.1 Å². The van der Waals surface area contributed by atoms with Crippen molar-refractivity contribution in [3.05, 3.63) is 52.0 Å². The van der Waals surface area contributed by atoms with Gasteiger partial charge in [-0.05, 0) is 59.1 Å². The summed E-state index contributed by atoms with van der Waals surface area (Å²) in [4.78, 5) is 0. The van der Waals surface area contributed by atoms with Gasteiger partial charge in [0.25, 0.3) is 0 Å². The van der Waals surface area contributed by atoms with Crippen LogP contribution in [0.1, 0.15) is 11.1 Å². The minimum Gasteiger partial charge on any atom is -0.398 e. The van der Waals surface area contributed by atoms with E-state index in [1.54, 1.807) is 0 Å². The topological polar surface area (TPSA) is 38.0 Å². The lowest BCUT2D eigenvalue weighted by Crippen LogP contribution is -1.97. The van der Waals surface area contributed by atoms with Crippen molar-refractivity contribution >= 4 is 33.0 Å². The van der Waals surface area contributed by atoms with Crippen molar-refractivity contribution in [2.24, 2.45) is 0 Å². The maximum absolute atomic E-state index is 5.89. The Kier molecular flexibility index (Phi) is 3.38. The highest BCUT2D eigenvalue weighted by Gasteiger charge is 2.05. The molecule has 0 atom stereocenters. The summed E-state index contributed by atoms with van der Waals surface area (Å²) in [5.74, 6) is 0. The minimum atomic E-state index is 0.804. The molecular formula is C14H15BrN2. The first-order chi connectivity index (χ1) is 8.09. The number of nitrogen functional groups attached to an aromatic ring is 1. The van der Waals surface area contributed by atoms with E-state index in [0.29, 0.717) is 0 Å². The molecule has 0 aliphatic carbocycles. The number of nitrogens with one attached hydrogen (secondary N) is 1. The van der Waals surface area contributed by atoms with E-state index in [9.17, 15) is 0 Å². The van der Waals surface area contributed by atoms with Crippen molar-refractivity contribution in [2.45, 2.75) is 13.8 Å². The summed E-state index contributed by atoms with van der Waals surface area (Å²) in [5.41, 5.74) is 11.1. The van der Waals surface area contributed by atoms with E-state index in [-0.39, 0.29) is 0 Å². The third kappa shape index (κ3) is 2.44. The van der Waals surface area contributed by atoms with Crippen LogP contribution in [0.3, 0.4) is 0 Å². The molecule has 0 radical (unpaired) electrons. The number of nitrogens with two attached hydrogens (primary N) is 1. The fraction of sp³-hybridized carbons (Fsp3) is 0.143. The van der Waals surface area contributed by atoms with E-state index in [2.05, 4.69) is 34.2 Å². The molecule has 0 unspecified atom stereocenters. The number of rotatable bonds is 2. The molecule has 0 amide bonds. The van der Waals surface area contributed by atoms with Crippen LogP contribution in [-0.2, 0) is 0 Å². The maximum atomic E-state index is 5.89. The second kappa shape index (κ2) is 4.80. The number of benzene rings is 2. The molecule has 0 bridgehead atoms. The molecule has 2 nitrogen and oxygen atoms in total. The monoisotopic (exact) mass is 290 g/mol. The number of hydrogen-bond acceptors (Lipinski definition) is 2. The Balaban J connectivity index is 2.38. The zero-order valence-corrected chi connectivity index (χ0v) is 11.5. The van der Waals surface area contributed by atoms with E-state index in [4.69, 9.17) is 5.73 Å². The third-order valence-corrected chi connectivity index (χ3v) is 3.89. The van der Waals surface area contributed by atoms with E-state index in [1.807, 2.05) is 37.3 Å². The molecule has 0 aliphatic heterocycles. The zero-order chi connectivity index (χ0) is 12.4. The average molecular weight is 291 g/mol. The second-order valence-electron chi connectivity index (χ2n) is 4.08. The van der Waals surface area contributed by atoms with E-state index in [0.717, 1.165) is 27.1 Å². The molecule has 0 aliphatic rings. The highest BCUT2D eigenvalue weighted by atomic mass is 79.9. The van der Waals surface area contributed by atoms with Crippen molar-refractivity contribution in [3.63, 3.8) is 0 Å². The standard InChI is InChI=1S/C14H15BrN2/c1-9-5-3-8-13(14(9)15)17-12-7-4-6-11(16)10(12)2/h3-8,17H,16H2,1-2H3. The second-order valence-corrected chi connectivity index (χ2v) is 4.87. The van der Waals surface area contributed by atoms with Gasteiger partial charge in [0, 0.05) is 15.8 Å². The van der Waals surface area contributed by atoms with Gasteiger partial charge in [-0.15, -0.1) is 0 Å². The Morgan fingerprint density at radius 3 is 2.41 bits per heavy atom. The molecule has 3 N–H and O–H groups in total. The molecule has 2 rings (SSSR count). The summed E-state index contributed by atoms with van der Waals surface area (Å²) in [6.07, 6.45) is 0. The summed E-state index contributed by atoms with van der Waals surface area (Å²) < 4.78 is 1.09. The smallest absolute Gasteiger partial charge is 0.0531 e. The summed E-state index contributed by atoms with van der Waals surface area (Å²) >= 11 is 3.59. The van der Waals surface area contributed by atoms with Gasteiger partial charge in [0.1, 0.15) is 0 Å². The first kappa shape index (κ1) is 12.0. The van der Waals surface area contributed by atoms with Gasteiger partial charge in [-0.2, -0.15) is 0 Å². The molecule has 0 heterocycles. The SMILES string of the molecule is Cc1cccc(Nc2cccc(N)c2C)c1Br. The number of halogens is 1. The molecular weight excluding hydrogens is 276 g/mol. The summed E-state index contributed by atoms with van der Waals surface area (Å²) in [7, 11) is 0. The normalized spacial score (nSPS) is 10.3. The molecule has 3 heteroatoms. The van der Waals surface area contributed by atoms with Gasteiger partial charge >= 0.3 is 0 Å². The van der Waals surface area contributed by atoms with Crippen LogP contribution in [0.5, 0.6) is 0 Å². The zero-order valence-electron chi connectivity index (χ0n) is 9.92. The van der Waals surface area contributed by atoms with Gasteiger partial charge in [-0.3, -0.25) is 0 Å². The first-order valence-corrected chi connectivity index (χ1v) is 6.26. The lowest BCUT2D eigenvalue weighted by Gasteiger charge is -2.13. The predicted molar refractivity (Wildman–Crippen MR) is 77.8 cm³/mol. The highest BCUT2D eigenvalue weighted by molar-refractivity contribution is 9.10. The van der Waals surface area contributed by atoms with Crippen molar-refractivity contribution in [3.8, 4) is 0 Å². The Labute approximate surface area is 110 Å². The van der Waals surface area contributed by atoms with Gasteiger partial charge in [0.05, 0.1) is 5.69 Å². The first-order valence-electron chi connectivity index (χ1n) is 5.47. The summed E-state index contributed by atoms with van der Waals surface area (Å²) in [6, 6.07) is 12.0. The van der Waals surface area contributed by atoms with Crippen molar-refractivity contribution in [1.82, 2.24) is 0 Å². The molecule has 0 spiro atoms. The quantitative estimate of drug-likeness (QED) is 0.805. The average Bonchev–Trinajstić information content (AvgIpc) is 2.31. The molecule has 17 heavy (non-hydrogen) atoms. The minimum absolute atomic E-state index is 0.804. The number of aryl methyl sites for hydroxylation is 1. The van der Waals surface area contributed by atoms with Crippen LogP contribution in [-0.4, -0.2) is 0 Å². The van der Waals surface area contributed by atoms with E-state index >= 15 is 0 Å². The Bertz CT molecular complexity index is 500.